The second kappa shape index (κ2) is 12.5. The molecule has 39 heavy (non-hydrogen) atoms. The number of hydrogen-bond donors (Lipinski definition) is 2. The van der Waals surface area contributed by atoms with Gasteiger partial charge in [0.05, 0.1) is 17.9 Å². The third kappa shape index (κ3) is 6.19. The minimum atomic E-state index is -0.0831. The van der Waals surface area contributed by atoms with Gasteiger partial charge in [-0.15, -0.1) is 11.3 Å². The Hall–Kier alpha value is -3.60. The predicted molar refractivity (Wildman–Crippen MR) is 155 cm³/mol. The number of halogens is 1. The van der Waals surface area contributed by atoms with Crippen LogP contribution in [0.3, 0.4) is 0 Å². The molecule has 196 valence electrons. The highest BCUT2D eigenvalue weighted by Gasteiger charge is 2.25. The molecule has 1 aliphatic carbocycles. The van der Waals surface area contributed by atoms with E-state index in [1.807, 2.05) is 41.8 Å². The van der Waals surface area contributed by atoms with Gasteiger partial charge < -0.3 is 15.2 Å². The molecule has 2 aromatic heterocycles. The van der Waals surface area contributed by atoms with E-state index in [9.17, 15) is 10.5 Å². The maximum absolute atomic E-state index is 10.2. The SMILES string of the molecule is N#Cc1c(NC2CCC2)nc(SCc2csc(-c3ccc(Cl)cc3)n2)c(C#N)c1-c1ccc(OCCO)cc1. The van der Waals surface area contributed by atoms with Crippen molar-refractivity contribution >= 4 is 40.5 Å². The van der Waals surface area contributed by atoms with Gasteiger partial charge >= 0.3 is 0 Å². The largest absolute Gasteiger partial charge is 0.491 e. The van der Waals surface area contributed by atoms with Gasteiger partial charge in [0.15, 0.2) is 0 Å². The second-order valence-corrected chi connectivity index (χ2v) is 11.2. The number of benzene rings is 2. The summed E-state index contributed by atoms with van der Waals surface area (Å²) in [6.07, 6.45) is 3.18. The Morgan fingerprint density at radius 1 is 1.03 bits per heavy atom. The molecule has 1 aliphatic rings. The fourth-order valence-corrected chi connectivity index (χ4v) is 6.08. The Bertz CT molecular complexity index is 1540. The van der Waals surface area contributed by atoms with E-state index in [0.29, 0.717) is 44.1 Å². The summed E-state index contributed by atoms with van der Waals surface area (Å²) in [5, 5.41) is 37.0. The van der Waals surface area contributed by atoms with Gasteiger partial charge in [-0.05, 0) is 49.1 Å². The lowest BCUT2D eigenvalue weighted by atomic mass is 9.92. The van der Waals surface area contributed by atoms with E-state index in [-0.39, 0.29) is 19.3 Å². The Kier molecular flexibility index (Phi) is 8.65. The standard InChI is InChI=1S/C29H24ClN5O2S2/c30-20-8-4-19(5-9-20)28-34-22(16-38-28)17-39-29-25(15-32)26(18-6-10-23(11-7-18)37-13-12-36)24(14-31)27(35-29)33-21-2-1-3-21/h4-11,16,21,36H,1-3,12-13,17H2,(H,33,35). The number of ether oxygens (including phenoxy) is 1. The summed E-state index contributed by atoms with van der Waals surface area (Å²) < 4.78 is 5.49. The van der Waals surface area contributed by atoms with E-state index >= 15 is 0 Å². The van der Waals surface area contributed by atoms with Crippen LogP contribution in [0.2, 0.25) is 5.02 Å². The van der Waals surface area contributed by atoms with E-state index in [4.69, 9.17) is 31.4 Å². The van der Waals surface area contributed by atoms with E-state index in [2.05, 4.69) is 17.5 Å². The van der Waals surface area contributed by atoms with Crippen LogP contribution in [-0.2, 0) is 5.75 Å². The number of aliphatic hydroxyl groups excluding tert-OH is 1. The number of hydrogen-bond acceptors (Lipinski definition) is 9. The van der Waals surface area contributed by atoms with Crippen molar-refractivity contribution in [2.45, 2.75) is 36.1 Å². The van der Waals surface area contributed by atoms with Crippen molar-refractivity contribution in [1.29, 1.82) is 10.5 Å². The van der Waals surface area contributed by atoms with Gasteiger partial charge in [-0.2, -0.15) is 10.5 Å². The molecule has 0 atom stereocenters. The molecule has 0 saturated heterocycles. The Morgan fingerprint density at radius 3 is 2.38 bits per heavy atom. The monoisotopic (exact) mass is 573 g/mol. The van der Waals surface area contributed by atoms with Crippen LogP contribution in [0.4, 0.5) is 5.82 Å². The quantitative estimate of drug-likeness (QED) is 0.197. The molecule has 5 rings (SSSR count). The first-order valence-corrected chi connectivity index (χ1v) is 14.7. The number of nitrogens with one attached hydrogen (secondary N) is 1. The van der Waals surface area contributed by atoms with Crippen LogP contribution >= 0.6 is 34.7 Å². The number of aliphatic hydroxyl groups is 1. The summed E-state index contributed by atoms with van der Waals surface area (Å²) in [4.78, 5) is 9.55. The molecular weight excluding hydrogens is 550 g/mol. The maximum Gasteiger partial charge on any atom is 0.146 e. The number of pyridine rings is 1. The third-order valence-corrected chi connectivity index (χ3v) is 8.54. The molecule has 2 N–H and O–H groups in total. The molecule has 0 radical (unpaired) electrons. The molecule has 7 nitrogen and oxygen atoms in total. The molecule has 0 unspecified atom stereocenters. The van der Waals surface area contributed by atoms with Crippen molar-refractivity contribution in [2.75, 3.05) is 18.5 Å². The number of nitrogens with zero attached hydrogens (tertiary/aromatic N) is 4. The van der Waals surface area contributed by atoms with Crippen LogP contribution in [0.25, 0.3) is 21.7 Å². The molecule has 2 heterocycles. The lowest BCUT2D eigenvalue weighted by Crippen LogP contribution is -2.28. The molecule has 1 saturated carbocycles. The van der Waals surface area contributed by atoms with Crippen molar-refractivity contribution in [1.82, 2.24) is 9.97 Å². The highest BCUT2D eigenvalue weighted by molar-refractivity contribution is 7.98. The molecular formula is C29H24ClN5O2S2. The van der Waals surface area contributed by atoms with Gasteiger partial charge in [0, 0.05) is 33.3 Å². The van der Waals surface area contributed by atoms with Gasteiger partial charge in [-0.25, -0.2) is 9.97 Å². The minimum Gasteiger partial charge on any atom is -0.491 e. The van der Waals surface area contributed by atoms with Crippen LogP contribution in [0.1, 0.15) is 36.1 Å². The molecule has 0 amide bonds. The molecule has 0 spiro atoms. The van der Waals surface area contributed by atoms with E-state index in [0.717, 1.165) is 41.1 Å². The molecule has 1 fully saturated rings. The van der Waals surface area contributed by atoms with Gasteiger partial charge in [-0.1, -0.05) is 47.6 Å². The van der Waals surface area contributed by atoms with Gasteiger partial charge in [0.1, 0.15) is 45.9 Å². The molecule has 10 heteroatoms. The van der Waals surface area contributed by atoms with Crippen molar-refractivity contribution in [3.8, 4) is 39.6 Å². The zero-order valence-electron chi connectivity index (χ0n) is 20.9. The number of nitriles is 2. The summed E-state index contributed by atoms with van der Waals surface area (Å²) in [7, 11) is 0. The van der Waals surface area contributed by atoms with Crippen LogP contribution in [0, 0.1) is 22.7 Å². The lowest BCUT2D eigenvalue weighted by molar-refractivity contribution is 0.201. The number of anilines is 1. The van der Waals surface area contributed by atoms with Gasteiger partial charge in [-0.3, -0.25) is 0 Å². The predicted octanol–water partition coefficient (Wildman–Crippen LogP) is 6.90. The summed E-state index contributed by atoms with van der Waals surface area (Å²) in [5.41, 5.74) is 3.85. The molecule has 0 bridgehead atoms. The fourth-order valence-electron chi connectivity index (χ4n) is 4.14. The van der Waals surface area contributed by atoms with E-state index in [1.165, 1.54) is 11.8 Å². The normalized spacial score (nSPS) is 12.8. The first-order valence-electron chi connectivity index (χ1n) is 12.4. The number of thiazole rings is 1. The van der Waals surface area contributed by atoms with Crippen LogP contribution in [0.5, 0.6) is 5.75 Å². The number of rotatable bonds is 10. The maximum atomic E-state index is 10.2. The highest BCUT2D eigenvalue weighted by atomic mass is 35.5. The minimum absolute atomic E-state index is 0.0831. The van der Waals surface area contributed by atoms with Crippen LogP contribution < -0.4 is 10.1 Å². The first-order chi connectivity index (χ1) is 19.1. The highest BCUT2D eigenvalue weighted by Crippen LogP contribution is 2.39. The van der Waals surface area contributed by atoms with Gasteiger partial charge in [0.25, 0.3) is 0 Å². The Labute approximate surface area is 240 Å². The van der Waals surface area contributed by atoms with Crippen molar-refractivity contribution in [3.63, 3.8) is 0 Å². The topological polar surface area (TPSA) is 115 Å². The van der Waals surface area contributed by atoms with Crippen LogP contribution in [-0.4, -0.2) is 34.3 Å². The summed E-state index contributed by atoms with van der Waals surface area (Å²) in [6.45, 7) is 0.105. The fraction of sp³-hybridized carbons (Fsp3) is 0.241. The average Bonchev–Trinajstić information content (AvgIpc) is 3.42. The van der Waals surface area contributed by atoms with Crippen molar-refractivity contribution in [2.24, 2.45) is 0 Å². The molecule has 0 aliphatic heterocycles. The number of thioether (sulfide) groups is 1. The van der Waals surface area contributed by atoms with Crippen molar-refractivity contribution < 1.29 is 9.84 Å². The first kappa shape index (κ1) is 27.0. The second-order valence-electron chi connectivity index (χ2n) is 8.92. The lowest BCUT2D eigenvalue weighted by Gasteiger charge is -2.28. The Balaban J connectivity index is 1.48. The smallest absolute Gasteiger partial charge is 0.146 e. The summed E-state index contributed by atoms with van der Waals surface area (Å²) >= 11 is 9.01. The van der Waals surface area contributed by atoms with Gasteiger partial charge in [0.2, 0.25) is 0 Å². The Morgan fingerprint density at radius 2 is 1.74 bits per heavy atom. The zero-order valence-corrected chi connectivity index (χ0v) is 23.2. The average molecular weight is 574 g/mol. The van der Waals surface area contributed by atoms with Crippen LogP contribution in [0.15, 0.2) is 58.9 Å². The van der Waals surface area contributed by atoms with E-state index in [1.54, 1.807) is 23.5 Å². The summed E-state index contributed by atoms with van der Waals surface area (Å²) in [5.74, 6) is 1.62. The third-order valence-electron chi connectivity index (χ3n) is 6.34. The summed E-state index contributed by atoms with van der Waals surface area (Å²) in [6, 6.07) is 19.6. The van der Waals surface area contributed by atoms with Crippen molar-refractivity contribution in [3.05, 3.63) is 75.8 Å². The molecule has 2 aromatic carbocycles. The zero-order chi connectivity index (χ0) is 27.2. The molecule has 4 aromatic rings. The van der Waals surface area contributed by atoms with E-state index < -0.39 is 0 Å². The number of aromatic nitrogens is 2.